The predicted molar refractivity (Wildman–Crippen MR) is 100 cm³/mol. The van der Waals surface area contributed by atoms with Crippen molar-refractivity contribution in [1.29, 1.82) is 0 Å². The van der Waals surface area contributed by atoms with Gasteiger partial charge in [-0.2, -0.15) is 18.3 Å². The van der Waals surface area contributed by atoms with Crippen molar-refractivity contribution in [3.05, 3.63) is 52.3 Å². The molecule has 9 heteroatoms. The number of halogens is 4. The standard InChI is InChI=1S/C19H22ClF3N4O/c1-13(26-8-4-5-9-26)11-27(12-14-6-2-3-7-15(14)20)18(28)16-10-17(25-24-16)19(21,22)23/h2-3,6-7,10,13H,4-5,8-9,11-12H2,1H3,(H,24,25). The molecule has 2 aromatic rings. The van der Waals surface area contributed by atoms with Crippen LogP contribution in [-0.2, 0) is 12.7 Å². The molecule has 5 nitrogen and oxygen atoms in total. The van der Waals surface area contributed by atoms with Crippen molar-refractivity contribution in [3.8, 4) is 0 Å². The van der Waals surface area contributed by atoms with E-state index in [-0.39, 0.29) is 18.3 Å². The van der Waals surface area contributed by atoms with Crippen LogP contribution in [0, 0.1) is 0 Å². The zero-order valence-corrected chi connectivity index (χ0v) is 16.2. The van der Waals surface area contributed by atoms with Crippen LogP contribution in [0.15, 0.2) is 30.3 Å². The lowest BCUT2D eigenvalue weighted by Crippen LogP contribution is -2.43. The van der Waals surface area contributed by atoms with Crippen LogP contribution >= 0.6 is 11.6 Å². The van der Waals surface area contributed by atoms with Gasteiger partial charge in [-0.1, -0.05) is 29.8 Å². The van der Waals surface area contributed by atoms with Gasteiger partial charge in [-0.25, -0.2) is 0 Å². The zero-order chi connectivity index (χ0) is 20.3. The molecule has 3 rings (SSSR count). The Morgan fingerprint density at radius 3 is 2.61 bits per heavy atom. The average Bonchev–Trinajstić information content (AvgIpc) is 3.33. The van der Waals surface area contributed by atoms with Crippen molar-refractivity contribution in [2.75, 3.05) is 19.6 Å². The van der Waals surface area contributed by atoms with E-state index in [4.69, 9.17) is 11.6 Å². The Morgan fingerprint density at radius 2 is 2.00 bits per heavy atom. The molecule has 0 bridgehead atoms. The predicted octanol–water partition coefficient (Wildman–Crippen LogP) is 4.21. The van der Waals surface area contributed by atoms with E-state index in [1.54, 1.807) is 18.2 Å². The maximum absolute atomic E-state index is 13.0. The van der Waals surface area contributed by atoms with Gasteiger partial charge in [-0.3, -0.25) is 14.8 Å². The number of likely N-dealkylation sites (tertiary alicyclic amines) is 1. The summed E-state index contributed by atoms with van der Waals surface area (Å²) in [5.74, 6) is -0.533. The molecule has 152 valence electrons. The van der Waals surface area contributed by atoms with Gasteiger partial charge in [0.05, 0.1) is 0 Å². The summed E-state index contributed by atoms with van der Waals surface area (Å²) in [6.45, 7) is 4.52. The minimum atomic E-state index is -4.61. The second kappa shape index (κ2) is 8.53. The van der Waals surface area contributed by atoms with E-state index in [1.807, 2.05) is 13.0 Å². The molecule has 1 unspecified atom stereocenters. The highest BCUT2D eigenvalue weighted by Gasteiger charge is 2.35. The molecule has 0 radical (unpaired) electrons. The Morgan fingerprint density at radius 1 is 1.32 bits per heavy atom. The Balaban J connectivity index is 1.82. The van der Waals surface area contributed by atoms with E-state index < -0.39 is 17.8 Å². The molecule has 1 fully saturated rings. The first-order valence-electron chi connectivity index (χ1n) is 9.15. The summed E-state index contributed by atoms with van der Waals surface area (Å²) in [5.41, 5.74) is -0.559. The summed E-state index contributed by atoms with van der Waals surface area (Å²) in [6, 6.07) is 7.96. The Hall–Kier alpha value is -2.06. The SMILES string of the molecule is CC(CN(Cc1ccccc1Cl)C(=O)c1cc(C(F)(F)F)n[nH]1)N1CCCC1. The molecule has 28 heavy (non-hydrogen) atoms. The number of aromatic amines is 1. The number of alkyl halides is 3. The van der Waals surface area contributed by atoms with E-state index in [0.717, 1.165) is 37.6 Å². The van der Waals surface area contributed by atoms with Gasteiger partial charge in [-0.05, 0) is 44.5 Å². The molecular weight excluding hydrogens is 393 g/mol. The highest BCUT2D eigenvalue weighted by Crippen LogP contribution is 2.28. The highest BCUT2D eigenvalue weighted by molar-refractivity contribution is 6.31. The van der Waals surface area contributed by atoms with Crippen molar-refractivity contribution in [1.82, 2.24) is 20.0 Å². The summed E-state index contributed by atoms with van der Waals surface area (Å²) in [7, 11) is 0. The number of benzene rings is 1. The molecule has 1 aromatic heterocycles. The molecule has 1 N–H and O–H groups in total. The van der Waals surface area contributed by atoms with E-state index in [0.29, 0.717) is 11.6 Å². The van der Waals surface area contributed by atoms with Crippen molar-refractivity contribution in [2.45, 2.75) is 38.5 Å². The number of nitrogens with zero attached hydrogens (tertiary/aromatic N) is 3. The Labute approximate surface area is 166 Å². The molecule has 2 heterocycles. The fraction of sp³-hybridized carbons (Fsp3) is 0.474. The highest BCUT2D eigenvalue weighted by atomic mass is 35.5. The first kappa shape index (κ1) is 20.7. The fourth-order valence-electron chi connectivity index (χ4n) is 3.42. The molecule has 0 aliphatic carbocycles. The van der Waals surface area contributed by atoms with Crippen molar-refractivity contribution >= 4 is 17.5 Å². The molecule has 1 aliphatic heterocycles. The average molecular weight is 415 g/mol. The van der Waals surface area contributed by atoms with Crippen LogP contribution < -0.4 is 0 Å². The lowest BCUT2D eigenvalue weighted by atomic mass is 10.1. The number of carbonyl (C=O) groups excluding carboxylic acids is 1. The minimum Gasteiger partial charge on any atom is -0.331 e. The summed E-state index contributed by atoms with van der Waals surface area (Å²) < 4.78 is 38.5. The van der Waals surface area contributed by atoms with Crippen molar-refractivity contribution in [2.24, 2.45) is 0 Å². The fourth-order valence-corrected chi connectivity index (χ4v) is 3.61. The summed E-state index contributed by atoms with van der Waals surface area (Å²) in [6.07, 6.45) is -2.39. The minimum absolute atomic E-state index is 0.0824. The number of amides is 1. The van der Waals surface area contributed by atoms with Gasteiger partial charge >= 0.3 is 6.18 Å². The van der Waals surface area contributed by atoms with Gasteiger partial charge in [0.15, 0.2) is 5.69 Å². The third kappa shape index (κ3) is 4.86. The maximum Gasteiger partial charge on any atom is 0.435 e. The van der Waals surface area contributed by atoms with Crippen LogP contribution in [0.4, 0.5) is 13.2 Å². The van der Waals surface area contributed by atoms with Crippen LogP contribution in [0.25, 0.3) is 0 Å². The molecule has 0 spiro atoms. The van der Waals surface area contributed by atoms with Crippen LogP contribution in [0.2, 0.25) is 5.02 Å². The molecular formula is C19H22ClF3N4O. The number of rotatable bonds is 6. The Kier molecular flexibility index (Phi) is 6.30. The number of H-pyrrole nitrogens is 1. The van der Waals surface area contributed by atoms with E-state index in [2.05, 4.69) is 15.1 Å². The van der Waals surface area contributed by atoms with Gasteiger partial charge in [0.2, 0.25) is 0 Å². The Bertz CT molecular complexity index is 818. The maximum atomic E-state index is 13.0. The van der Waals surface area contributed by atoms with Gasteiger partial charge in [0.25, 0.3) is 5.91 Å². The molecule has 1 amide bonds. The van der Waals surface area contributed by atoms with Crippen LogP contribution in [0.3, 0.4) is 0 Å². The number of hydrogen-bond donors (Lipinski definition) is 1. The normalized spacial score (nSPS) is 16.3. The van der Waals surface area contributed by atoms with Gasteiger partial charge < -0.3 is 4.90 Å². The molecule has 1 aliphatic rings. The van der Waals surface area contributed by atoms with Crippen molar-refractivity contribution < 1.29 is 18.0 Å². The van der Waals surface area contributed by atoms with Crippen LogP contribution in [-0.4, -0.2) is 51.6 Å². The first-order valence-corrected chi connectivity index (χ1v) is 9.53. The van der Waals surface area contributed by atoms with Crippen molar-refractivity contribution in [3.63, 3.8) is 0 Å². The van der Waals surface area contributed by atoms with Gasteiger partial charge in [-0.15, -0.1) is 0 Å². The lowest BCUT2D eigenvalue weighted by Gasteiger charge is -2.31. The second-order valence-corrected chi connectivity index (χ2v) is 7.44. The van der Waals surface area contributed by atoms with E-state index >= 15 is 0 Å². The molecule has 1 aromatic carbocycles. The molecule has 0 saturated carbocycles. The van der Waals surface area contributed by atoms with E-state index in [1.165, 1.54) is 4.90 Å². The second-order valence-electron chi connectivity index (χ2n) is 7.03. The number of aromatic nitrogens is 2. The third-order valence-corrected chi connectivity index (χ3v) is 5.32. The topological polar surface area (TPSA) is 52.2 Å². The number of carbonyl (C=O) groups is 1. The summed E-state index contributed by atoms with van der Waals surface area (Å²) in [4.78, 5) is 16.8. The van der Waals surface area contributed by atoms with Gasteiger partial charge in [0, 0.05) is 30.2 Å². The number of hydrogen-bond acceptors (Lipinski definition) is 3. The number of nitrogens with one attached hydrogen (secondary N) is 1. The summed E-state index contributed by atoms with van der Waals surface area (Å²) in [5, 5.41) is 5.98. The zero-order valence-electron chi connectivity index (χ0n) is 15.5. The van der Waals surface area contributed by atoms with Crippen LogP contribution in [0.5, 0.6) is 0 Å². The summed E-state index contributed by atoms with van der Waals surface area (Å²) >= 11 is 6.23. The largest absolute Gasteiger partial charge is 0.435 e. The monoisotopic (exact) mass is 414 g/mol. The van der Waals surface area contributed by atoms with E-state index in [9.17, 15) is 18.0 Å². The van der Waals surface area contributed by atoms with Crippen LogP contribution in [0.1, 0.15) is 41.5 Å². The third-order valence-electron chi connectivity index (χ3n) is 4.95. The molecule has 1 saturated heterocycles. The smallest absolute Gasteiger partial charge is 0.331 e. The first-order chi connectivity index (χ1) is 13.3. The lowest BCUT2D eigenvalue weighted by molar-refractivity contribution is -0.141. The molecule has 1 atom stereocenters. The quantitative estimate of drug-likeness (QED) is 0.770. The van der Waals surface area contributed by atoms with Gasteiger partial charge in [0.1, 0.15) is 5.69 Å².